The third kappa shape index (κ3) is 1.31. The molecule has 0 aliphatic heterocycles. The van der Waals surface area contributed by atoms with Crippen LogP contribution in [0.1, 0.15) is 38.5 Å². The summed E-state index contributed by atoms with van der Waals surface area (Å²) in [5.74, 6) is 0.863. The van der Waals surface area contributed by atoms with Crippen LogP contribution in [0.3, 0.4) is 0 Å². The van der Waals surface area contributed by atoms with Gasteiger partial charge in [0.1, 0.15) is 0 Å². The van der Waals surface area contributed by atoms with E-state index in [0.717, 1.165) is 24.6 Å². The van der Waals surface area contributed by atoms with Crippen molar-refractivity contribution in [2.75, 3.05) is 5.33 Å². The lowest BCUT2D eigenvalue weighted by Gasteiger charge is -2.60. The number of alkyl halides is 1. The molecule has 0 heterocycles. The first-order valence-electron chi connectivity index (χ1n) is 5.87. The first-order chi connectivity index (χ1) is 7.07. The van der Waals surface area contributed by atoms with Gasteiger partial charge in [-0.1, -0.05) is 15.9 Å². The second-order valence-electron chi connectivity index (χ2n) is 6.18. The van der Waals surface area contributed by atoms with Gasteiger partial charge in [0.25, 0.3) is 0 Å². The molecule has 0 amide bonds. The second-order valence-corrected chi connectivity index (χ2v) is 6.74. The Morgan fingerprint density at radius 1 is 1.27 bits per heavy atom. The average molecular weight is 273 g/mol. The summed E-state index contributed by atoms with van der Waals surface area (Å²) in [5.41, 5.74) is -0.0275. The Kier molecular flexibility index (Phi) is 2.02. The quantitative estimate of drug-likeness (QED) is 0.785. The standard InChI is InChI=1S/C12H17BrO2/c13-7-11-2-8-1-9(3-11)5-12(4-8,6-11)10(14)15/h8-9H,1-7H2,(H,14,15). The number of hydrogen-bond acceptors (Lipinski definition) is 1. The molecule has 1 N–H and O–H groups in total. The van der Waals surface area contributed by atoms with Crippen LogP contribution in [-0.2, 0) is 4.79 Å². The Balaban J connectivity index is 1.99. The fraction of sp³-hybridized carbons (Fsp3) is 0.917. The number of carboxylic acids is 1. The van der Waals surface area contributed by atoms with E-state index in [1.54, 1.807) is 0 Å². The molecule has 4 fully saturated rings. The first kappa shape index (κ1) is 10.1. The molecule has 4 aliphatic carbocycles. The van der Waals surface area contributed by atoms with Crippen LogP contribution in [0.5, 0.6) is 0 Å². The van der Waals surface area contributed by atoms with Crippen molar-refractivity contribution in [2.24, 2.45) is 22.7 Å². The summed E-state index contributed by atoms with van der Waals surface area (Å²) in [6, 6.07) is 0. The van der Waals surface area contributed by atoms with Gasteiger partial charge in [-0.25, -0.2) is 0 Å². The number of carbonyl (C=O) groups is 1. The Labute approximate surface area is 98.6 Å². The predicted molar refractivity (Wildman–Crippen MR) is 61.0 cm³/mol. The number of hydrogen-bond donors (Lipinski definition) is 1. The summed E-state index contributed by atoms with van der Waals surface area (Å²) in [6.45, 7) is 0. The van der Waals surface area contributed by atoms with E-state index >= 15 is 0 Å². The van der Waals surface area contributed by atoms with E-state index in [1.165, 1.54) is 19.3 Å². The predicted octanol–water partition coefficient (Wildman–Crippen LogP) is 3.05. The van der Waals surface area contributed by atoms with Crippen molar-refractivity contribution in [1.29, 1.82) is 0 Å². The van der Waals surface area contributed by atoms with Crippen molar-refractivity contribution in [3.8, 4) is 0 Å². The van der Waals surface area contributed by atoms with E-state index < -0.39 is 5.97 Å². The van der Waals surface area contributed by atoms with Crippen LogP contribution < -0.4 is 0 Å². The highest BCUT2D eigenvalue weighted by atomic mass is 79.9. The van der Waals surface area contributed by atoms with Crippen LogP contribution in [-0.4, -0.2) is 16.4 Å². The molecular formula is C12H17BrO2. The molecule has 0 saturated heterocycles. The SMILES string of the molecule is O=C(O)C12CC3CC(CC(CBr)(C3)C1)C2. The van der Waals surface area contributed by atoms with E-state index in [4.69, 9.17) is 0 Å². The van der Waals surface area contributed by atoms with Crippen molar-refractivity contribution >= 4 is 21.9 Å². The molecule has 4 aliphatic rings. The summed E-state index contributed by atoms with van der Waals surface area (Å²) in [6.07, 6.45) is 6.66. The van der Waals surface area contributed by atoms with E-state index in [9.17, 15) is 9.90 Å². The zero-order chi connectivity index (χ0) is 10.7. The number of halogens is 1. The fourth-order valence-corrected chi connectivity index (χ4v) is 5.51. The molecule has 4 bridgehead atoms. The lowest BCUT2D eigenvalue weighted by atomic mass is 9.44. The molecule has 4 rings (SSSR count). The third-order valence-electron chi connectivity index (χ3n) is 4.92. The van der Waals surface area contributed by atoms with E-state index in [0.29, 0.717) is 17.3 Å². The summed E-state index contributed by atoms with van der Waals surface area (Å²) < 4.78 is 0. The van der Waals surface area contributed by atoms with Gasteiger partial charge < -0.3 is 5.11 Å². The molecule has 3 heteroatoms. The molecule has 15 heavy (non-hydrogen) atoms. The highest BCUT2D eigenvalue weighted by molar-refractivity contribution is 9.09. The van der Waals surface area contributed by atoms with Gasteiger partial charge in [-0.05, 0) is 55.8 Å². The summed E-state index contributed by atoms with van der Waals surface area (Å²) in [4.78, 5) is 11.5. The summed E-state index contributed by atoms with van der Waals surface area (Å²) in [5, 5.41) is 10.5. The van der Waals surface area contributed by atoms with Crippen LogP contribution in [0.2, 0.25) is 0 Å². The maximum absolute atomic E-state index is 11.5. The Morgan fingerprint density at radius 2 is 1.87 bits per heavy atom. The lowest BCUT2D eigenvalue weighted by Crippen LogP contribution is -2.55. The monoisotopic (exact) mass is 272 g/mol. The summed E-state index contributed by atoms with van der Waals surface area (Å²) in [7, 11) is 0. The van der Waals surface area contributed by atoms with E-state index in [2.05, 4.69) is 15.9 Å². The van der Waals surface area contributed by atoms with Gasteiger partial charge in [-0.2, -0.15) is 0 Å². The minimum atomic E-state index is -0.526. The molecule has 0 aromatic heterocycles. The third-order valence-corrected chi connectivity index (χ3v) is 6.11. The topological polar surface area (TPSA) is 37.3 Å². The molecular weight excluding hydrogens is 256 g/mol. The molecule has 0 aromatic carbocycles. The van der Waals surface area contributed by atoms with Crippen molar-refractivity contribution < 1.29 is 9.90 Å². The molecule has 0 radical (unpaired) electrons. The Hall–Kier alpha value is -0.0500. The highest BCUT2D eigenvalue weighted by Gasteiger charge is 2.60. The van der Waals surface area contributed by atoms with Gasteiger partial charge in [0, 0.05) is 5.33 Å². The van der Waals surface area contributed by atoms with Gasteiger partial charge in [0.05, 0.1) is 5.41 Å². The molecule has 2 unspecified atom stereocenters. The molecule has 0 spiro atoms. The number of aliphatic carboxylic acids is 1. The van der Waals surface area contributed by atoms with Crippen LogP contribution in [0.25, 0.3) is 0 Å². The highest BCUT2D eigenvalue weighted by Crippen LogP contribution is 2.65. The van der Waals surface area contributed by atoms with E-state index in [1.807, 2.05) is 0 Å². The van der Waals surface area contributed by atoms with Crippen LogP contribution in [0.15, 0.2) is 0 Å². The number of rotatable bonds is 2. The maximum Gasteiger partial charge on any atom is 0.309 e. The van der Waals surface area contributed by atoms with Gasteiger partial charge in [0.15, 0.2) is 0 Å². The van der Waals surface area contributed by atoms with Gasteiger partial charge >= 0.3 is 5.97 Å². The van der Waals surface area contributed by atoms with Gasteiger partial charge in [0.2, 0.25) is 0 Å². The lowest BCUT2D eigenvalue weighted by molar-refractivity contribution is -0.172. The molecule has 0 aromatic rings. The van der Waals surface area contributed by atoms with Gasteiger partial charge in [-0.3, -0.25) is 4.79 Å². The molecule has 4 saturated carbocycles. The van der Waals surface area contributed by atoms with E-state index in [-0.39, 0.29) is 5.41 Å². The van der Waals surface area contributed by atoms with Gasteiger partial charge in [-0.15, -0.1) is 0 Å². The second kappa shape index (κ2) is 2.99. The summed E-state index contributed by atoms with van der Waals surface area (Å²) >= 11 is 3.62. The fourth-order valence-electron chi connectivity index (χ4n) is 4.86. The van der Waals surface area contributed by atoms with Crippen LogP contribution in [0, 0.1) is 22.7 Å². The molecule has 84 valence electrons. The Bertz CT molecular complexity index is 299. The minimum absolute atomic E-state index is 0.322. The minimum Gasteiger partial charge on any atom is -0.481 e. The van der Waals surface area contributed by atoms with Crippen LogP contribution >= 0.6 is 15.9 Å². The normalized spacial score (nSPS) is 52.1. The first-order valence-corrected chi connectivity index (χ1v) is 6.99. The maximum atomic E-state index is 11.5. The molecule has 2 atom stereocenters. The van der Waals surface area contributed by atoms with Crippen molar-refractivity contribution in [3.63, 3.8) is 0 Å². The molecule has 2 nitrogen and oxygen atoms in total. The number of carboxylic acid groups (broad SMARTS) is 1. The average Bonchev–Trinajstić information content (AvgIpc) is 2.15. The largest absolute Gasteiger partial charge is 0.481 e. The van der Waals surface area contributed by atoms with Crippen LogP contribution in [0.4, 0.5) is 0 Å². The smallest absolute Gasteiger partial charge is 0.309 e. The zero-order valence-electron chi connectivity index (χ0n) is 8.84. The van der Waals surface area contributed by atoms with Crippen molar-refractivity contribution in [3.05, 3.63) is 0 Å². The van der Waals surface area contributed by atoms with Crippen molar-refractivity contribution in [1.82, 2.24) is 0 Å². The Morgan fingerprint density at radius 3 is 2.33 bits per heavy atom. The van der Waals surface area contributed by atoms with Crippen molar-refractivity contribution in [2.45, 2.75) is 38.5 Å². The zero-order valence-corrected chi connectivity index (χ0v) is 10.4.